The van der Waals surface area contributed by atoms with Crippen molar-refractivity contribution in [3.8, 4) is 0 Å². The molecule has 1 heterocycles. The zero-order valence-corrected chi connectivity index (χ0v) is 19.9. The Balaban J connectivity index is 1.63. The van der Waals surface area contributed by atoms with Crippen LogP contribution in [0.3, 0.4) is 0 Å². The largest absolute Gasteiger partial charge is 0.381 e. The van der Waals surface area contributed by atoms with E-state index in [2.05, 4.69) is 10.0 Å². The molecule has 1 aliphatic rings. The van der Waals surface area contributed by atoms with Gasteiger partial charge in [-0.3, -0.25) is 9.52 Å². The fourth-order valence-corrected chi connectivity index (χ4v) is 5.59. The molecule has 2 N–H and O–H groups in total. The summed E-state index contributed by atoms with van der Waals surface area (Å²) in [4.78, 5) is 13.6. The summed E-state index contributed by atoms with van der Waals surface area (Å²) in [6, 6.07) is 17.8. The van der Waals surface area contributed by atoms with Gasteiger partial charge in [-0.05, 0) is 79.8 Å². The third-order valence-electron chi connectivity index (χ3n) is 6.18. The first-order valence-electron chi connectivity index (χ1n) is 11.0. The molecule has 3 aromatic rings. The minimum atomic E-state index is -3.88. The summed E-state index contributed by atoms with van der Waals surface area (Å²) in [5, 5.41) is 2.90. The maximum Gasteiger partial charge on any atom is 0.262 e. The number of sulfonamides is 1. The second-order valence-corrected chi connectivity index (χ2v) is 10.3. The molecule has 0 spiro atoms. The summed E-state index contributed by atoms with van der Waals surface area (Å²) in [6.07, 6.45) is 0.882. The highest BCUT2D eigenvalue weighted by Gasteiger charge is 2.41. The summed E-state index contributed by atoms with van der Waals surface area (Å²) in [7, 11) is -3.88. The van der Waals surface area contributed by atoms with E-state index in [0.29, 0.717) is 48.6 Å². The van der Waals surface area contributed by atoms with Crippen LogP contribution >= 0.6 is 0 Å². The molecule has 0 radical (unpaired) electrons. The summed E-state index contributed by atoms with van der Waals surface area (Å²) in [5.41, 5.74) is 2.13. The van der Waals surface area contributed by atoms with Crippen molar-refractivity contribution in [1.29, 1.82) is 0 Å². The minimum Gasteiger partial charge on any atom is -0.381 e. The summed E-state index contributed by atoms with van der Waals surface area (Å²) in [5.74, 6) is -0.651. The number of rotatable bonds is 6. The number of aryl methyl sites for hydroxylation is 2. The van der Waals surface area contributed by atoms with Gasteiger partial charge in [-0.1, -0.05) is 30.3 Å². The number of anilines is 2. The average Bonchev–Trinajstić information content (AvgIpc) is 2.81. The second-order valence-electron chi connectivity index (χ2n) is 8.61. The number of benzene rings is 3. The van der Waals surface area contributed by atoms with Gasteiger partial charge in [0.25, 0.3) is 10.0 Å². The number of hydrogen-bond donors (Lipinski definition) is 2. The van der Waals surface area contributed by atoms with Crippen LogP contribution in [-0.4, -0.2) is 27.5 Å². The van der Waals surface area contributed by atoms with E-state index in [1.807, 2.05) is 13.0 Å². The van der Waals surface area contributed by atoms with Gasteiger partial charge in [-0.15, -0.1) is 0 Å². The molecule has 0 aliphatic carbocycles. The predicted molar refractivity (Wildman–Crippen MR) is 130 cm³/mol. The van der Waals surface area contributed by atoms with Gasteiger partial charge in [-0.25, -0.2) is 12.8 Å². The Hall–Kier alpha value is -3.23. The lowest BCUT2D eigenvalue weighted by atomic mass is 9.73. The molecule has 1 amide bonds. The Morgan fingerprint density at radius 1 is 0.941 bits per heavy atom. The van der Waals surface area contributed by atoms with Crippen molar-refractivity contribution in [2.45, 2.75) is 37.0 Å². The fourth-order valence-electron chi connectivity index (χ4n) is 4.27. The van der Waals surface area contributed by atoms with Crippen LogP contribution in [0.15, 0.2) is 71.6 Å². The van der Waals surface area contributed by atoms with Gasteiger partial charge < -0.3 is 10.1 Å². The highest BCUT2D eigenvalue weighted by Crippen LogP contribution is 2.36. The van der Waals surface area contributed by atoms with E-state index >= 15 is 0 Å². The Bertz CT molecular complexity index is 1300. The highest BCUT2D eigenvalue weighted by molar-refractivity contribution is 7.92. The van der Waals surface area contributed by atoms with Crippen molar-refractivity contribution in [2.24, 2.45) is 0 Å². The monoisotopic (exact) mass is 482 g/mol. The van der Waals surface area contributed by atoms with Crippen LogP contribution < -0.4 is 10.0 Å². The summed E-state index contributed by atoms with van der Waals surface area (Å²) < 4.78 is 47.8. The van der Waals surface area contributed by atoms with E-state index in [-0.39, 0.29) is 16.6 Å². The number of carbonyl (C=O) groups excluding carboxylic acids is 1. The van der Waals surface area contributed by atoms with Crippen molar-refractivity contribution in [2.75, 3.05) is 23.3 Å². The second kappa shape index (κ2) is 9.56. The Labute approximate surface area is 199 Å². The number of ether oxygens (including phenoxy) is 1. The quantitative estimate of drug-likeness (QED) is 0.522. The molecule has 1 fully saturated rings. The molecule has 178 valence electrons. The van der Waals surface area contributed by atoms with Crippen LogP contribution in [0.5, 0.6) is 0 Å². The Kier molecular flexibility index (Phi) is 6.72. The molecular formula is C26H27FN2O4S. The van der Waals surface area contributed by atoms with Gasteiger partial charge in [-0.2, -0.15) is 0 Å². The lowest BCUT2D eigenvalue weighted by Crippen LogP contribution is -2.44. The highest BCUT2D eigenvalue weighted by atomic mass is 32.2. The Morgan fingerprint density at radius 3 is 2.32 bits per heavy atom. The number of hydrogen-bond acceptors (Lipinski definition) is 4. The molecule has 1 saturated heterocycles. The van der Waals surface area contributed by atoms with Gasteiger partial charge in [0.05, 0.1) is 10.3 Å². The molecular weight excluding hydrogens is 455 g/mol. The van der Waals surface area contributed by atoms with E-state index in [9.17, 15) is 17.6 Å². The smallest absolute Gasteiger partial charge is 0.262 e. The van der Waals surface area contributed by atoms with Crippen LogP contribution in [0.4, 0.5) is 15.8 Å². The molecule has 6 nitrogen and oxygen atoms in total. The molecule has 0 aromatic heterocycles. The van der Waals surface area contributed by atoms with Gasteiger partial charge in [0.15, 0.2) is 0 Å². The van der Waals surface area contributed by atoms with Gasteiger partial charge in [0.2, 0.25) is 5.91 Å². The molecule has 0 bridgehead atoms. The maximum absolute atomic E-state index is 13.5. The molecule has 1 aliphatic heterocycles. The number of carbonyl (C=O) groups is 1. The number of halogens is 1. The molecule has 0 unspecified atom stereocenters. The van der Waals surface area contributed by atoms with Crippen LogP contribution in [0.25, 0.3) is 0 Å². The van der Waals surface area contributed by atoms with Gasteiger partial charge >= 0.3 is 0 Å². The summed E-state index contributed by atoms with van der Waals surface area (Å²) >= 11 is 0. The molecule has 34 heavy (non-hydrogen) atoms. The minimum absolute atomic E-state index is 0.0783. The molecule has 0 atom stereocenters. The van der Waals surface area contributed by atoms with E-state index in [0.717, 1.165) is 5.56 Å². The molecule has 3 aromatic carbocycles. The molecule has 4 rings (SSSR count). The Morgan fingerprint density at radius 2 is 1.65 bits per heavy atom. The first-order valence-corrected chi connectivity index (χ1v) is 12.5. The standard InChI is InChI=1S/C26H27FN2O4S/c1-18-4-3-5-23(16-18)29-34(31,32)24-17-22(11-6-19(24)2)28-25(30)26(12-14-33-15-13-26)20-7-9-21(27)10-8-20/h3-11,16-17,29H,12-15H2,1-2H3,(H,28,30). The van der Waals surface area contributed by atoms with E-state index in [4.69, 9.17) is 4.74 Å². The number of nitrogens with one attached hydrogen (secondary N) is 2. The SMILES string of the molecule is Cc1cccc(NS(=O)(=O)c2cc(NC(=O)C3(c4ccc(F)cc4)CCOCC3)ccc2C)c1. The van der Waals surface area contributed by atoms with Gasteiger partial charge in [0, 0.05) is 24.6 Å². The van der Waals surface area contributed by atoms with E-state index in [1.165, 1.54) is 18.2 Å². The van der Waals surface area contributed by atoms with Crippen molar-refractivity contribution in [1.82, 2.24) is 0 Å². The lowest BCUT2D eigenvalue weighted by Gasteiger charge is -2.36. The van der Waals surface area contributed by atoms with Crippen molar-refractivity contribution < 1.29 is 22.3 Å². The first kappa shape index (κ1) is 23.9. The van der Waals surface area contributed by atoms with Crippen LogP contribution in [-0.2, 0) is 25.0 Å². The van der Waals surface area contributed by atoms with Crippen molar-refractivity contribution in [3.63, 3.8) is 0 Å². The normalized spacial score (nSPS) is 15.5. The van der Waals surface area contributed by atoms with Crippen molar-refractivity contribution in [3.05, 3.63) is 89.2 Å². The third kappa shape index (κ3) is 4.98. The number of amides is 1. The van der Waals surface area contributed by atoms with Crippen LogP contribution in [0.2, 0.25) is 0 Å². The van der Waals surface area contributed by atoms with Crippen LogP contribution in [0, 0.1) is 19.7 Å². The average molecular weight is 483 g/mol. The molecule has 0 saturated carbocycles. The van der Waals surface area contributed by atoms with E-state index in [1.54, 1.807) is 49.4 Å². The van der Waals surface area contributed by atoms with Gasteiger partial charge in [0.1, 0.15) is 5.82 Å². The fraction of sp³-hybridized carbons (Fsp3) is 0.269. The zero-order valence-electron chi connectivity index (χ0n) is 19.1. The van der Waals surface area contributed by atoms with E-state index < -0.39 is 15.4 Å². The maximum atomic E-state index is 13.5. The lowest BCUT2D eigenvalue weighted by molar-refractivity contribution is -0.125. The third-order valence-corrected chi connectivity index (χ3v) is 7.71. The zero-order chi connectivity index (χ0) is 24.3. The van der Waals surface area contributed by atoms with Crippen molar-refractivity contribution >= 4 is 27.3 Å². The predicted octanol–water partition coefficient (Wildman–Crippen LogP) is 4.93. The molecule has 8 heteroatoms. The first-order chi connectivity index (χ1) is 16.2. The summed E-state index contributed by atoms with van der Waals surface area (Å²) in [6.45, 7) is 4.39. The van der Waals surface area contributed by atoms with Crippen LogP contribution in [0.1, 0.15) is 29.5 Å². The topological polar surface area (TPSA) is 84.5 Å².